The number of aryl methyl sites for hydroxylation is 1. The van der Waals surface area contributed by atoms with Crippen LogP contribution in [0.25, 0.3) is 10.9 Å². The predicted octanol–water partition coefficient (Wildman–Crippen LogP) is 2.32. The van der Waals surface area contributed by atoms with E-state index >= 15 is 0 Å². The lowest BCUT2D eigenvalue weighted by molar-refractivity contribution is -0.118. The topological polar surface area (TPSA) is 109 Å². The maximum atomic E-state index is 12.8. The molecular formula is C22H22N4O3. The van der Waals surface area contributed by atoms with E-state index in [1.807, 2.05) is 12.1 Å². The van der Waals surface area contributed by atoms with Gasteiger partial charge in [0.05, 0.1) is 10.9 Å². The number of benzene rings is 2. The quantitative estimate of drug-likeness (QED) is 0.697. The second-order valence-corrected chi connectivity index (χ2v) is 7.20. The van der Waals surface area contributed by atoms with Gasteiger partial charge >= 0.3 is 0 Å². The monoisotopic (exact) mass is 390 g/mol. The average molecular weight is 390 g/mol. The molecule has 0 saturated heterocycles. The van der Waals surface area contributed by atoms with E-state index in [2.05, 4.69) is 9.97 Å². The van der Waals surface area contributed by atoms with Crippen molar-refractivity contribution in [1.82, 2.24) is 9.97 Å². The number of hydrogen-bond acceptors (Lipinski definition) is 4. The molecule has 1 aromatic heterocycles. The summed E-state index contributed by atoms with van der Waals surface area (Å²) < 4.78 is 0. The number of nitrogens with zero attached hydrogens (tertiary/aromatic N) is 2. The van der Waals surface area contributed by atoms with Crippen LogP contribution in [-0.2, 0) is 17.6 Å². The molecule has 0 unspecified atom stereocenters. The molecule has 1 aliphatic heterocycles. The van der Waals surface area contributed by atoms with Crippen molar-refractivity contribution in [3.63, 3.8) is 0 Å². The lowest BCUT2D eigenvalue weighted by atomic mass is 9.95. The van der Waals surface area contributed by atoms with Crippen molar-refractivity contribution in [3.05, 3.63) is 69.8 Å². The molecule has 7 nitrogen and oxygen atoms in total. The number of nitrogens with one attached hydrogen (secondary N) is 1. The fourth-order valence-electron chi connectivity index (χ4n) is 3.91. The van der Waals surface area contributed by atoms with E-state index in [1.165, 1.54) is 0 Å². The Morgan fingerprint density at radius 3 is 2.79 bits per heavy atom. The summed E-state index contributed by atoms with van der Waals surface area (Å²) in [5.41, 5.74) is 8.07. The summed E-state index contributed by atoms with van der Waals surface area (Å²) in [6, 6.07) is 12.5. The highest BCUT2D eigenvalue weighted by Crippen LogP contribution is 2.30. The molecular weight excluding hydrogens is 368 g/mol. The summed E-state index contributed by atoms with van der Waals surface area (Å²) in [6.45, 7) is 0.624. The van der Waals surface area contributed by atoms with Crippen LogP contribution in [0.15, 0.2) is 47.3 Å². The number of carbonyl (C=O) groups is 2. The van der Waals surface area contributed by atoms with Gasteiger partial charge in [0.1, 0.15) is 5.82 Å². The second kappa shape index (κ2) is 7.87. The summed E-state index contributed by atoms with van der Waals surface area (Å²) in [4.78, 5) is 45.7. The van der Waals surface area contributed by atoms with Gasteiger partial charge in [-0.1, -0.05) is 18.2 Å². The second-order valence-electron chi connectivity index (χ2n) is 7.20. The normalized spacial score (nSPS) is 13.3. The Morgan fingerprint density at radius 2 is 1.97 bits per heavy atom. The third kappa shape index (κ3) is 3.76. The largest absolute Gasteiger partial charge is 0.366 e. The molecule has 3 N–H and O–H groups in total. The number of amides is 2. The minimum Gasteiger partial charge on any atom is -0.366 e. The van der Waals surface area contributed by atoms with Gasteiger partial charge in [-0.3, -0.25) is 14.4 Å². The number of hydrogen-bond donors (Lipinski definition) is 2. The smallest absolute Gasteiger partial charge is 0.258 e. The van der Waals surface area contributed by atoms with Crippen LogP contribution < -0.4 is 16.2 Å². The van der Waals surface area contributed by atoms with Crippen LogP contribution in [-0.4, -0.2) is 28.3 Å². The first kappa shape index (κ1) is 18.9. The average Bonchev–Trinajstić information content (AvgIpc) is 2.72. The maximum absolute atomic E-state index is 12.8. The first-order chi connectivity index (χ1) is 14.0. The maximum Gasteiger partial charge on any atom is 0.258 e. The van der Waals surface area contributed by atoms with Gasteiger partial charge in [0, 0.05) is 30.6 Å². The number of aromatic amines is 1. The Hall–Kier alpha value is -3.48. The molecule has 7 heteroatoms. The number of rotatable bonds is 5. The highest BCUT2D eigenvalue weighted by molar-refractivity contribution is 6.00. The summed E-state index contributed by atoms with van der Waals surface area (Å²) in [5.74, 6) is 0.106. The molecule has 2 heterocycles. The third-order valence-corrected chi connectivity index (χ3v) is 5.28. The van der Waals surface area contributed by atoms with E-state index in [4.69, 9.17) is 5.73 Å². The fraction of sp³-hybridized carbons (Fsp3) is 0.273. The van der Waals surface area contributed by atoms with Crippen molar-refractivity contribution in [2.24, 2.45) is 5.73 Å². The Kier molecular flexibility index (Phi) is 5.12. The van der Waals surface area contributed by atoms with Crippen LogP contribution in [0.5, 0.6) is 0 Å². The zero-order chi connectivity index (χ0) is 20.4. The van der Waals surface area contributed by atoms with Crippen LogP contribution in [0.4, 0.5) is 5.69 Å². The van der Waals surface area contributed by atoms with Crippen molar-refractivity contribution < 1.29 is 9.59 Å². The summed E-state index contributed by atoms with van der Waals surface area (Å²) in [5, 5.41) is 0.558. The highest BCUT2D eigenvalue weighted by atomic mass is 16.2. The van der Waals surface area contributed by atoms with Gasteiger partial charge in [0.2, 0.25) is 11.8 Å². The molecule has 0 bridgehead atoms. The standard InChI is InChI=1S/C22H22N4O3/c23-21(28)15-7-3-10-18-14(15)8-5-13-26(18)20(27)12-4-11-19-24-17-9-2-1-6-16(17)22(29)25-19/h1-3,6-7,9-10H,4-5,8,11-13H2,(H2,23,28)(H,24,25,29). The first-order valence-electron chi connectivity index (χ1n) is 9.74. The van der Waals surface area contributed by atoms with E-state index < -0.39 is 5.91 Å². The van der Waals surface area contributed by atoms with E-state index in [1.54, 1.807) is 35.2 Å². The Balaban J connectivity index is 1.46. The van der Waals surface area contributed by atoms with Crippen molar-refractivity contribution in [3.8, 4) is 0 Å². The summed E-state index contributed by atoms with van der Waals surface area (Å²) in [7, 11) is 0. The molecule has 0 spiro atoms. The van der Waals surface area contributed by atoms with Gasteiger partial charge in [-0.25, -0.2) is 4.98 Å². The highest BCUT2D eigenvalue weighted by Gasteiger charge is 2.25. The summed E-state index contributed by atoms with van der Waals surface area (Å²) >= 11 is 0. The fourth-order valence-corrected chi connectivity index (χ4v) is 3.91. The molecule has 0 radical (unpaired) electrons. The van der Waals surface area contributed by atoms with Crippen LogP contribution in [0.2, 0.25) is 0 Å². The van der Waals surface area contributed by atoms with Gasteiger partial charge in [-0.2, -0.15) is 0 Å². The molecule has 2 aromatic carbocycles. The van der Waals surface area contributed by atoms with Gasteiger partial charge in [0.15, 0.2) is 0 Å². The van der Waals surface area contributed by atoms with Crippen molar-refractivity contribution >= 4 is 28.4 Å². The number of aromatic nitrogens is 2. The number of para-hydroxylation sites is 1. The minimum atomic E-state index is -0.470. The third-order valence-electron chi connectivity index (χ3n) is 5.28. The first-order valence-corrected chi connectivity index (χ1v) is 9.74. The Labute approximate surface area is 167 Å². The molecule has 0 aliphatic carbocycles. The zero-order valence-corrected chi connectivity index (χ0v) is 16.0. The molecule has 3 aromatic rings. The molecule has 1 aliphatic rings. The Bertz CT molecular complexity index is 1150. The van der Waals surface area contributed by atoms with Gasteiger partial charge in [-0.05, 0) is 49.1 Å². The van der Waals surface area contributed by atoms with Crippen LogP contribution in [0.3, 0.4) is 0 Å². The van der Waals surface area contributed by atoms with Crippen LogP contribution in [0, 0.1) is 0 Å². The van der Waals surface area contributed by atoms with Crippen LogP contribution in [0.1, 0.15) is 41.0 Å². The number of nitrogens with two attached hydrogens (primary N) is 1. The zero-order valence-electron chi connectivity index (χ0n) is 16.0. The van der Waals surface area contributed by atoms with Crippen molar-refractivity contribution in [2.75, 3.05) is 11.4 Å². The number of anilines is 1. The Morgan fingerprint density at radius 1 is 1.14 bits per heavy atom. The van der Waals surface area contributed by atoms with E-state index in [9.17, 15) is 14.4 Å². The molecule has 148 valence electrons. The lowest BCUT2D eigenvalue weighted by Crippen LogP contribution is -2.36. The molecule has 0 saturated carbocycles. The molecule has 0 atom stereocenters. The number of primary amides is 1. The molecule has 0 fully saturated rings. The molecule has 2 amide bonds. The molecule has 29 heavy (non-hydrogen) atoms. The van der Waals surface area contributed by atoms with Gasteiger partial charge in [-0.15, -0.1) is 0 Å². The summed E-state index contributed by atoms with van der Waals surface area (Å²) in [6.07, 6.45) is 2.94. The van der Waals surface area contributed by atoms with E-state index in [0.29, 0.717) is 48.1 Å². The van der Waals surface area contributed by atoms with E-state index in [0.717, 1.165) is 24.1 Å². The van der Waals surface area contributed by atoms with Gasteiger partial charge < -0.3 is 15.6 Å². The minimum absolute atomic E-state index is 0.00398. The number of carbonyl (C=O) groups excluding carboxylic acids is 2. The van der Waals surface area contributed by atoms with Crippen molar-refractivity contribution in [2.45, 2.75) is 32.1 Å². The van der Waals surface area contributed by atoms with E-state index in [-0.39, 0.29) is 11.5 Å². The number of H-pyrrole nitrogens is 1. The van der Waals surface area contributed by atoms with Crippen LogP contribution >= 0.6 is 0 Å². The predicted molar refractivity (Wildman–Crippen MR) is 111 cm³/mol. The van der Waals surface area contributed by atoms with Crippen molar-refractivity contribution in [1.29, 1.82) is 0 Å². The lowest BCUT2D eigenvalue weighted by Gasteiger charge is -2.30. The molecule has 4 rings (SSSR count). The number of fused-ring (bicyclic) bond motifs is 2. The SMILES string of the molecule is NC(=O)c1cccc2c1CCCN2C(=O)CCCc1nc2ccccc2c(=O)[nH]1. The van der Waals surface area contributed by atoms with Gasteiger partial charge in [0.25, 0.3) is 5.56 Å².